The molecule has 3 aromatic heterocycles. The molecule has 164 valence electrons. The lowest BCUT2D eigenvalue weighted by atomic mass is 10.0. The van der Waals surface area contributed by atoms with Crippen LogP contribution in [0.15, 0.2) is 57.7 Å². The monoisotopic (exact) mass is 431 g/mol. The first-order valence-corrected chi connectivity index (χ1v) is 10.9. The molecule has 0 aliphatic heterocycles. The van der Waals surface area contributed by atoms with Crippen molar-refractivity contribution in [2.75, 3.05) is 5.32 Å². The van der Waals surface area contributed by atoms with Crippen molar-refractivity contribution >= 4 is 22.7 Å². The zero-order valence-electron chi connectivity index (χ0n) is 18.1. The molecular formula is C25H25N3O4. The number of aromatic nitrogens is 2. The molecule has 3 heterocycles. The van der Waals surface area contributed by atoms with Crippen LogP contribution in [0.25, 0.3) is 11.1 Å². The third-order valence-electron chi connectivity index (χ3n) is 5.56. The van der Waals surface area contributed by atoms with Crippen molar-refractivity contribution in [1.29, 1.82) is 0 Å². The Labute approximate surface area is 185 Å². The first-order chi connectivity index (χ1) is 15.6. The van der Waals surface area contributed by atoms with E-state index in [2.05, 4.69) is 15.5 Å². The Hall–Kier alpha value is -3.45. The van der Waals surface area contributed by atoms with Gasteiger partial charge >= 0.3 is 0 Å². The van der Waals surface area contributed by atoms with E-state index in [4.69, 9.17) is 13.7 Å². The maximum absolute atomic E-state index is 13.3. The molecule has 1 aromatic carbocycles. The van der Waals surface area contributed by atoms with Gasteiger partial charge in [0.25, 0.3) is 11.6 Å². The van der Waals surface area contributed by atoms with Crippen LogP contribution in [0.2, 0.25) is 0 Å². The topological polar surface area (TPSA) is 90.4 Å². The minimum Gasteiger partial charge on any atom is -0.467 e. The van der Waals surface area contributed by atoms with Gasteiger partial charge in [-0.1, -0.05) is 31.1 Å². The molecule has 0 spiro atoms. The second-order valence-corrected chi connectivity index (χ2v) is 8.50. The fraction of sp³-hybridized carbons (Fsp3) is 0.320. The lowest BCUT2D eigenvalue weighted by Crippen LogP contribution is -2.14. The fourth-order valence-electron chi connectivity index (χ4n) is 3.76. The number of benzene rings is 1. The summed E-state index contributed by atoms with van der Waals surface area (Å²) in [7, 11) is 0. The summed E-state index contributed by atoms with van der Waals surface area (Å²) in [6, 6.07) is 13.2. The molecule has 1 N–H and O–H groups in total. The Morgan fingerprint density at radius 1 is 1.19 bits per heavy atom. The third-order valence-corrected chi connectivity index (χ3v) is 5.56. The zero-order chi connectivity index (χ0) is 22.1. The molecule has 1 aliphatic carbocycles. The summed E-state index contributed by atoms with van der Waals surface area (Å²) >= 11 is 0. The number of rotatable bonds is 8. The van der Waals surface area contributed by atoms with E-state index in [1.807, 2.05) is 56.3 Å². The number of fused-ring (bicyclic) bond motifs is 1. The van der Waals surface area contributed by atoms with E-state index in [1.165, 1.54) is 0 Å². The fourth-order valence-corrected chi connectivity index (χ4v) is 3.76. The standard InChI is InChI=1S/C25H25N3O4/c1-15(2)23-22-20(12-21(17-8-9-17)27-25(22)32-28-23)24(29)26-18-6-3-5-16(11-18)13-30-14-19-7-4-10-31-19/h3-7,10-12,15,17H,8-9,13-14H2,1-2H3,(H,26,29). The van der Waals surface area contributed by atoms with Crippen LogP contribution in [-0.4, -0.2) is 16.0 Å². The Bertz CT molecular complexity index is 1240. The van der Waals surface area contributed by atoms with Crippen LogP contribution in [0.3, 0.4) is 0 Å². The van der Waals surface area contributed by atoms with Gasteiger partial charge in [-0.05, 0) is 54.7 Å². The highest BCUT2D eigenvalue weighted by Gasteiger charge is 2.29. The summed E-state index contributed by atoms with van der Waals surface area (Å²) in [4.78, 5) is 18.0. The summed E-state index contributed by atoms with van der Waals surface area (Å²) in [5.74, 6) is 1.09. The number of nitrogens with one attached hydrogen (secondary N) is 1. The number of anilines is 1. The second-order valence-electron chi connectivity index (χ2n) is 8.50. The number of carbonyl (C=O) groups is 1. The maximum Gasteiger partial charge on any atom is 0.259 e. The average Bonchev–Trinajstić information content (AvgIpc) is 3.33. The van der Waals surface area contributed by atoms with Gasteiger partial charge in [-0.25, -0.2) is 4.98 Å². The molecule has 32 heavy (non-hydrogen) atoms. The minimum atomic E-state index is -0.196. The Balaban J connectivity index is 1.37. The van der Waals surface area contributed by atoms with Gasteiger partial charge in [0.2, 0.25) is 0 Å². The normalized spacial score (nSPS) is 13.7. The molecule has 0 unspecified atom stereocenters. The van der Waals surface area contributed by atoms with Crippen molar-refractivity contribution in [1.82, 2.24) is 10.1 Å². The summed E-state index contributed by atoms with van der Waals surface area (Å²) in [6.45, 7) is 4.87. The van der Waals surface area contributed by atoms with Gasteiger partial charge in [0, 0.05) is 17.3 Å². The first kappa shape index (κ1) is 20.5. The smallest absolute Gasteiger partial charge is 0.259 e. The third kappa shape index (κ3) is 4.29. The molecule has 7 heteroatoms. The van der Waals surface area contributed by atoms with Crippen molar-refractivity contribution in [2.24, 2.45) is 0 Å². The van der Waals surface area contributed by atoms with E-state index in [-0.39, 0.29) is 11.8 Å². The van der Waals surface area contributed by atoms with Gasteiger partial charge in [-0.15, -0.1) is 0 Å². The van der Waals surface area contributed by atoms with E-state index in [0.717, 1.165) is 35.6 Å². The molecule has 4 aromatic rings. The molecule has 1 aliphatic rings. The molecule has 1 amide bonds. The molecule has 1 fully saturated rings. The molecule has 0 radical (unpaired) electrons. The molecule has 5 rings (SSSR count). The summed E-state index contributed by atoms with van der Waals surface area (Å²) in [5.41, 5.74) is 4.30. The van der Waals surface area contributed by atoms with Crippen LogP contribution in [0.5, 0.6) is 0 Å². The number of amides is 1. The zero-order valence-corrected chi connectivity index (χ0v) is 18.1. The maximum atomic E-state index is 13.3. The van der Waals surface area contributed by atoms with E-state index >= 15 is 0 Å². The van der Waals surface area contributed by atoms with Gasteiger partial charge in [0.05, 0.1) is 29.5 Å². The number of nitrogens with zero attached hydrogens (tertiary/aromatic N) is 2. The van der Waals surface area contributed by atoms with Gasteiger partial charge < -0.3 is 19.0 Å². The predicted molar refractivity (Wildman–Crippen MR) is 119 cm³/mol. The molecule has 1 saturated carbocycles. The molecule has 0 bridgehead atoms. The summed E-state index contributed by atoms with van der Waals surface area (Å²) < 4.78 is 16.5. The average molecular weight is 431 g/mol. The largest absolute Gasteiger partial charge is 0.467 e. The van der Waals surface area contributed by atoms with Crippen LogP contribution in [0, 0.1) is 0 Å². The van der Waals surface area contributed by atoms with Crippen molar-refractivity contribution in [3.63, 3.8) is 0 Å². The van der Waals surface area contributed by atoms with Gasteiger partial charge in [0.1, 0.15) is 12.4 Å². The number of pyridine rings is 1. The summed E-state index contributed by atoms with van der Waals surface area (Å²) in [5, 5.41) is 7.91. The SMILES string of the molecule is CC(C)c1noc2nc(C3CC3)cc(C(=O)Nc3cccc(COCc4ccco4)c3)c12. The van der Waals surface area contributed by atoms with Gasteiger partial charge in [0.15, 0.2) is 0 Å². The first-order valence-electron chi connectivity index (χ1n) is 10.9. The van der Waals surface area contributed by atoms with Crippen molar-refractivity contribution in [3.05, 3.63) is 77.0 Å². The van der Waals surface area contributed by atoms with E-state index in [9.17, 15) is 4.79 Å². The molecular weight excluding hydrogens is 406 g/mol. The highest BCUT2D eigenvalue weighted by Crippen LogP contribution is 2.41. The van der Waals surface area contributed by atoms with Crippen molar-refractivity contribution < 1.29 is 18.5 Å². The number of furan rings is 1. The molecule has 7 nitrogen and oxygen atoms in total. The van der Waals surface area contributed by atoms with E-state index in [1.54, 1.807) is 6.26 Å². The Morgan fingerprint density at radius 3 is 2.81 bits per heavy atom. The van der Waals surface area contributed by atoms with E-state index < -0.39 is 0 Å². The quantitative estimate of drug-likeness (QED) is 0.380. The van der Waals surface area contributed by atoms with Crippen molar-refractivity contribution in [2.45, 2.75) is 51.7 Å². The lowest BCUT2D eigenvalue weighted by Gasteiger charge is -2.10. The molecule has 0 saturated heterocycles. The second kappa shape index (κ2) is 8.59. The Kier molecular flexibility index (Phi) is 5.49. The van der Waals surface area contributed by atoms with Gasteiger partial charge in [-0.2, -0.15) is 0 Å². The Morgan fingerprint density at radius 2 is 2.06 bits per heavy atom. The highest BCUT2D eigenvalue weighted by molar-refractivity contribution is 6.12. The van der Waals surface area contributed by atoms with Crippen LogP contribution >= 0.6 is 0 Å². The van der Waals surface area contributed by atoms with Crippen LogP contribution in [-0.2, 0) is 18.0 Å². The van der Waals surface area contributed by atoms with E-state index in [0.29, 0.717) is 41.5 Å². The van der Waals surface area contributed by atoms with Gasteiger partial charge in [-0.3, -0.25) is 4.79 Å². The van der Waals surface area contributed by atoms with Crippen molar-refractivity contribution in [3.8, 4) is 0 Å². The number of ether oxygens (including phenoxy) is 1. The van der Waals surface area contributed by atoms with Crippen LogP contribution in [0.1, 0.15) is 71.6 Å². The highest BCUT2D eigenvalue weighted by atomic mass is 16.5. The number of carbonyl (C=O) groups excluding carboxylic acids is 1. The minimum absolute atomic E-state index is 0.117. The number of hydrogen-bond acceptors (Lipinski definition) is 6. The van der Waals surface area contributed by atoms with Crippen LogP contribution in [0.4, 0.5) is 5.69 Å². The molecule has 0 atom stereocenters. The predicted octanol–water partition coefficient (Wildman–Crippen LogP) is 5.79. The summed E-state index contributed by atoms with van der Waals surface area (Å²) in [6.07, 6.45) is 3.80. The van der Waals surface area contributed by atoms with Crippen LogP contribution < -0.4 is 5.32 Å². The lowest BCUT2D eigenvalue weighted by molar-refractivity contribution is 0.0929. The number of hydrogen-bond donors (Lipinski definition) is 1.